The van der Waals surface area contributed by atoms with Crippen molar-refractivity contribution in [2.24, 2.45) is 5.41 Å². The number of hydrogen-bond acceptors (Lipinski definition) is 9. The van der Waals surface area contributed by atoms with Gasteiger partial charge >= 0.3 is 5.69 Å². The number of rotatable bonds is 4. The highest BCUT2D eigenvalue weighted by molar-refractivity contribution is 7.99. The topological polar surface area (TPSA) is 136 Å². The second-order valence-electron chi connectivity index (χ2n) is 8.95. The van der Waals surface area contributed by atoms with Crippen LogP contribution < -0.4 is 20.3 Å². The number of anilines is 1. The minimum atomic E-state index is -0.952. The zero-order chi connectivity index (χ0) is 23.5. The molecule has 3 aliphatic rings. The van der Waals surface area contributed by atoms with Crippen LogP contribution in [0.5, 0.6) is 11.5 Å². The zero-order valence-corrected chi connectivity index (χ0v) is 19.1. The fourth-order valence-electron chi connectivity index (χ4n) is 4.80. The number of nitrogens with zero attached hydrogens (tertiary/aromatic N) is 2. The van der Waals surface area contributed by atoms with E-state index in [-0.39, 0.29) is 52.7 Å². The molecule has 10 nitrogen and oxygen atoms in total. The molecular formula is C22H22N4O6S. The van der Waals surface area contributed by atoms with Gasteiger partial charge in [0.2, 0.25) is 12.5 Å². The molecule has 0 unspecified atom stereocenters. The average molecular weight is 471 g/mol. The summed E-state index contributed by atoms with van der Waals surface area (Å²) in [5.74, 6) is 0.181. The Morgan fingerprint density at radius 3 is 2.79 bits per heavy atom. The van der Waals surface area contributed by atoms with E-state index in [4.69, 9.17) is 9.47 Å². The monoisotopic (exact) mass is 470 g/mol. The number of nitrogens with one attached hydrogen (secondary N) is 2. The summed E-state index contributed by atoms with van der Waals surface area (Å²) in [6.45, 7) is 5.80. The van der Waals surface area contributed by atoms with Crippen LogP contribution in [0.25, 0.3) is 0 Å². The summed E-state index contributed by atoms with van der Waals surface area (Å²) in [6.07, 6.45) is 0.819. The molecule has 0 bridgehead atoms. The van der Waals surface area contributed by atoms with Gasteiger partial charge in [0.25, 0.3) is 5.56 Å². The maximum absolute atomic E-state index is 13.4. The number of ether oxygens (including phenoxy) is 2. The molecule has 3 heterocycles. The summed E-state index contributed by atoms with van der Waals surface area (Å²) in [7, 11) is 0. The molecule has 2 N–H and O–H groups in total. The van der Waals surface area contributed by atoms with E-state index in [1.807, 2.05) is 20.8 Å². The Bertz CT molecular complexity index is 1300. The fraction of sp³-hybridized carbons (Fsp3) is 0.409. The number of H-pyrrole nitrogens is 1. The number of carbonyl (C=O) groups excluding carboxylic acids is 1. The first-order valence-electron chi connectivity index (χ1n) is 10.6. The van der Waals surface area contributed by atoms with Crippen LogP contribution in [-0.4, -0.2) is 33.2 Å². The summed E-state index contributed by atoms with van der Waals surface area (Å²) in [4.78, 5) is 45.6. The molecule has 0 saturated carbocycles. The molecule has 11 heteroatoms. The summed E-state index contributed by atoms with van der Waals surface area (Å²) >= 11 is 1.38. The van der Waals surface area contributed by atoms with Crippen molar-refractivity contribution in [3.8, 4) is 11.5 Å². The van der Waals surface area contributed by atoms with Crippen LogP contribution in [0.2, 0.25) is 0 Å². The van der Waals surface area contributed by atoms with Gasteiger partial charge < -0.3 is 19.8 Å². The third-order valence-electron chi connectivity index (χ3n) is 6.02. The number of benzene rings is 1. The quantitative estimate of drug-likeness (QED) is 0.296. The number of Topliss-reactive ketones (excluding diaryl/α,β-unsaturated/α-hetero) is 1. The first-order valence-corrected chi connectivity index (χ1v) is 11.6. The number of allylic oxidation sites excluding steroid dienone is 2. The minimum Gasteiger partial charge on any atom is -0.453 e. The number of aromatic nitrogens is 2. The molecule has 172 valence electrons. The van der Waals surface area contributed by atoms with Gasteiger partial charge in [0.05, 0.1) is 16.4 Å². The molecule has 0 fully saturated rings. The number of carbonyl (C=O) groups is 1. The molecule has 1 aliphatic carbocycles. The Morgan fingerprint density at radius 2 is 2.06 bits per heavy atom. The van der Waals surface area contributed by atoms with Crippen molar-refractivity contribution in [1.82, 2.24) is 9.97 Å². The Kier molecular flexibility index (Phi) is 4.96. The fourth-order valence-corrected chi connectivity index (χ4v) is 5.40. The van der Waals surface area contributed by atoms with Gasteiger partial charge in [-0.2, -0.15) is 0 Å². The lowest BCUT2D eigenvalue weighted by molar-refractivity contribution is -0.386. The lowest BCUT2D eigenvalue weighted by Crippen LogP contribution is -2.37. The van der Waals surface area contributed by atoms with E-state index in [0.29, 0.717) is 34.4 Å². The van der Waals surface area contributed by atoms with Crippen LogP contribution in [0, 0.1) is 15.5 Å². The number of hydrogen-bond donors (Lipinski definition) is 2. The van der Waals surface area contributed by atoms with E-state index in [1.54, 1.807) is 6.07 Å². The van der Waals surface area contributed by atoms with E-state index in [0.717, 1.165) is 0 Å². The lowest BCUT2D eigenvalue weighted by atomic mass is 9.69. The first kappa shape index (κ1) is 21.5. The number of nitro benzene ring substituents is 1. The largest absolute Gasteiger partial charge is 0.453 e. The van der Waals surface area contributed by atoms with Gasteiger partial charge in [-0.25, -0.2) is 4.98 Å². The molecule has 2 aromatic rings. The van der Waals surface area contributed by atoms with Crippen LogP contribution in [0.15, 0.2) is 33.4 Å². The van der Waals surface area contributed by atoms with Gasteiger partial charge in [0.1, 0.15) is 5.82 Å². The van der Waals surface area contributed by atoms with Crippen molar-refractivity contribution in [1.29, 1.82) is 0 Å². The van der Waals surface area contributed by atoms with Gasteiger partial charge in [0, 0.05) is 23.3 Å². The zero-order valence-electron chi connectivity index (χ0n) is 18.3. The van der Waals surface area contributed by atoms with Crippen molar-refractivity contribution in [3.05, 3.63) is 55.0 Å². The Morgan fingerprint density at radius 1 is 1.27 bits per heavy atom. The van der Waals surface area contributed by atoms with Crippen molar-refractivity contribution in [2.75, 3.05) is 17.9 Å². The second-order valence-corrected chi connectivity index (χ2v) is 10.2. The van der Waals surface area contributed by atoms with Crippen LogP contribution in [0.3, 0.4) is 0 Å². The molecule has 2 aliphatic heterocycles. The molecule has 0 radical (unpaired) electrons. The standard InChI is InChI=1S/C22H22N4O6S/c1-4-33-21-24-19-16(20(28)25-21)14(15-11(23-19)7-22(2,3)8-12(15)27)10-5-6-13-18(32-9-31-13)17(10)26(29)30/h5-6,14H,4,7-9H2,1-3H3,(H2,23,24,25,28)/t14-/m0/s1. The molecule has 1 aromatic carbocycles. The second kappa shape index (κ2) is 7.62. The normalized spacial score (nSPS) is 20.2. The average Bonchev–Trinajstić information content (AvgIpc) is 3.19. The SMILES string of the molecule is CCSc1nc2c(c(=O)[nH]1)[C@@H](c1ccc3c(c1[N+](=O)[O-])OCO3)C1=C(CC(C)(C)CC1=O)N2. The number of nitro groups is 1. The van der Waals surface area contributed by atoms with Gasteiger partial charge in [0.15, 0.2) is 16.7 Å². The van der Waals surface area contributed by atoms with E-state index in [9.17, 15) is 19.7 Å². The third kappa shape index (κ3) is 3.47. The molecule has 5 rings (SSSR count). The maximum Gasteiger partial charge on any atom is 0.319 e. The summed E-state index contributed by atoms with van der Waals surface area (Å²) in [5, 5.41) is 15.8. The van der Waals surface area contributed by atoms with Gasteiger partial charge in [-0.05, 0) is 29.7 Å². The third-order valence-corrected chi connectivity index (χ3v) is 6.77. The summed E-state index contributed by atoms with van der Waals surface area (Å²) in [5.41, 5.74) is 0.357. The first-order chi connectivity index (χ1) is 15.7. The van der Waals surface area contributed by atoms with E-state index in [2.05, 4.69) is 15.3 Å². The van der Waals surface area contributed by atoms with E-state index >= 15 is 0 Å². The summed E-state index contributed by atoms with van der Waals surface area (Å²) < 4.78 is 10.7. The van der Waals surface area contributed by atoms with Crippen LogP contribution in [0.1, 0.15) is 50.7 Å². The van der Waals surface area contributed by atoms with Crippen LogP contribution >= 0.6 is 11.8 Å². The van der Waals surface area contributed by atoms with Crippen LogP contribution in [-0.2, 0) is 4.79 Å². The summed E-state index contributed by atoms with van der Waals surface area (Å²) in [6, 6.07) is 3.12. The number of thioether (sulfide) groups is 1. The Balaban J connectivity index is 1.81. The molecule has 0 saturated heterocycles. The predicted molar refractivity (Wildman–Crippen MR) is 121 cm³/mol. The molecule has 33 heavy (non-hydrogen) atoms. The highest BCUT2D eigenvalue weighted by Crippen LogP contribution is 2.52. The molecular weight excluding hydrogens is 448 g/mol. The van der Waals surface area contributed by atoms with Gasteiger partial charge in [-0.15, -0.1) is 0 Å². The van der Waals surface area contributed by atoms with Crippen LogP contribution in [0.4, 0.5) is 11.5 Å². The van der Waals surface area contributed by atoms with Gasteiger partial charge in [-0.3, -0.25) is 19.7 Å². The number of aromatic amines is 1. The molecule has 1 aromatic heterocycles. The van der Waals surface area contributed by atoms with E-state index in [1.165, 1.54) is 17.8 Å². The highest BCUT2D eigenvalue weighted by Gasteiger charge is 2.45. The van der Waals surface area contributed by atoms with Crippen molar-refractivity contribution in [3.63, 3.8) is 0 Å². The maximum atomic E-state index is 13.4. The van der Waals surface area contributed by atoms with Gasteiger partial charge in [-0.1, -0.05) is 32.5 Å². The van der Waals surface area contributed by atoms with Crippen molar-refractivity contribution < 1.29 is 19.2 Å². The molecule has 0 spiro atoms. The smallest absolute Gasteiger partial charge is 0.319 e. The van der Waals surface area contributed by atoms with E-state index < -0.39 is 16.4 Å². The Hall–Kier alpha value is -3.34. The number of fused-ring (bicyclic) bond motifs is 2. The minimum absolute atomic E-state index is 0.00543. The predicted octanol–water partition coefficient (Wildman–Crippen LogP) is 3.72. The van der Waals surface area contributed by atoms with Crippen molar-refractivity contribution in [2.45, 2.75) is 44.7 Å². The molecule has 0 amide bonds. The number of ketones is 1. The van der Waals surface area contributed by atoms with Crippen molar-refractivity contribution >= 4 is 29.1 Å². The highest BCUT2D eigenvalue weighted by atomic mass is 32.2. The Labute approximate surface area is 192 Å². The lowest BCUT2D eigenvalue weighted by Gasteiger charge is -2.38. The molecule has 1 atom stereocenters.